The fraction of sp³-hybridized carbons (Fsp3) is 0.364. The fourth-order valence-electron chi connectivity index (χ4n) is 3.55. The molecular weight excluding hydrogens is 402 g/mol. The standard InChI is InChI=1S/C22H25N3O4S/c1-14-19(11-24-20(26)13-30-3)18-8-9-25(12-17(18)10-23-14)21(27)15-4-6-16(7-5-15)22(28)29-2/h4-7,10H,8-9,11-13H2,1-3H3,(H,24,26). The van der Waals surface area contributed by atoms with Crippen molar-refractivity contribution in [3.05, 3.63) is 64.0 Å². The number of benzene rings is 1. The molecule has 3 rings (SSSR count). The van der Waals surface area contributed by atoms with Gasteiger partial charge in [0.1, 0.15) is 0 Å². The minimum atomic E-state index is -0.431. The maximum Gasteiger partial charge on any atom is 0.337 e. The molecule has 158 valence electrons. The Bertz CT molecular complexity index is 960. The number of aryl methyl sites for hydroxylation is 1. The first-order valence-electron chi connectivity index (χ1n) is 9.64. The van der Waals surface area contributed by atoms with Crippen LogP contribution in [0.1, 0.15) is 43.1 Å². The molecule has 2 amide bonds. The lowest BCUT2D eigenvalue weighted by atomic mass is 9.94. The maximum absolute atomic E-state index is 12.9. The highest BCUT2D eigenvalue weighted by atomic mass is 32.2. The fourth-order valence-corrected chi connectivity index (χ4v) is 3.91. The minimum Gasteiger partial charge on any atom is -0.465 e. The van der Waals surface area contributed by atoms with Gasteiger partial charge in [0, 0.05) is 37.1 Å². The average Bonchev–Trinajstić information content (AvgIpc) is 2.77. The number of ether oxygens (including phenoxy) is 1. The Kier molecular flexibility index (Phi) is 7.10. The molecule has 0 fully saturated rings. The second-order valence-corrected chi connectivity index (χ2v) is 7.95. The number of nitrogens with one attached hydrogen (secondary N) is 1. The van der Waals surface area contributed by atoms with E-state index in [9.17, 15) is 14.4 Å². The van der Waals surface area contributed by atoms with Crippen molar-refractivity contribution in [3.8, 4) is 0 Å². The number of thioether (sulfide) groups is 1. The number of methoxy groups -OCH3 is 1. The third-order valence-electron chi connectivity index (χ3n) is 5.17. The molecule has 1 N–H and O–H groups in total. The van der Waals surface area contributed by atoms with Gasteiger partial charge in [-0.05, 0) is 60.6 Å². The van der Waals surface area contributed by atoms with Crippen LogP contribution in [-0.4, -0.2) is 53.3 Å². The van der Waals surface area contributed by atoms with Crippen LogP contribution >= 0.6 is 11.8 Å². The van der Waals surface area contributed by atoms with Crippen molar-refractivity contribution in [3.63, 3.8) is 0 Å². The van der Waals surface area contributed by atoms with Crippen molar-refractivity contribution >= 4 is 29.5 Å². The van der Waals surface area contributed by atoms with Gasteiger partial charge in [-0.15, -0.1) is 0 Å². The molecule has 0 bridgehead atoms. The Balaban J connectivity index is 1.74. The van der Waals surface area contributed by atoms with Gasteiger partial charge in [0.15, 0.2) is 0 Å². The molecule has 0 saturated carbocycles. The van der Waals surface area contributed by atoms with Crippen LogP contribution in [0.15, 0.2) is 30.5 Å². The summed E-state index contributed by atoms with van der Waals surface area (Å²) >= 11 is 1.49. The van der Waals surface area contributed by atoms with E-state index in [2.05, 4.69) is 10.3 Å². The quantitative estimate of drug-likeness (QED) is 0.712. The van der Waals surface area contributed by atoms with E-state index in [0.29, 0.717) is 42.9 Å². The highest BCUT2D eigenvalue weighted by Gasteiger charge is 2.25. The molecule has 0 spiro atoms. The van der Waals surface area contributed by atoms with Gasteiger partial charge in [-0.25, -0.2) is 4.79 Å². The molecule has 2 heterocycles. The molecule has 7 nitrogen and oxygen atoms in total. The maximum atomic E-state index is 12.9. The number of fused-ring (bicyclic) bond motifs is 1. The summed E-state index contributed by atoms with van der Waals surface area (Å²) in [6.45, 7) is 3.44. The van der Waals surface area contributed by atoms with E-state index in [0.717, 1.165) is 22.4 Å². The second-order valence-electron chi connectivity index (χ2n) is 7.08. The Labute approximate surface area is 180 Å². The van der Waals surface area contributed by atoms with Gasteiger partial charge in [-0.1, -0.05) is 0 Å². The zero-order chi connectivity index (χ0) is 21.7. The zero-order valence-electron chi connectivity index (χ0n) is 17.4. The van der Waals surface area contributed by atoms with Gasteiger partial charge >= 0.3 is 5.97 Å². The lowest BCUT2D eigenvalue weighted by molar-refractivity contribution is -0.118. The monoisotopic (exact) mass is 427 g/mol. The van der Waals surface area contributed by atoms with Crippen LogP contribution in [0.4, 0.5) is 0 Å². The van der Waals surface area contributed by atoms with Gasteiger partial charge in [0.2, 0.25) is 5.91 Å². The summed E-state index contributed by atoms with van der Waals surface area (Å²) in [7, 11) is 1.32. The second kappa shape index (κ2) is 9.75. The first-order valence-corrected chi connectivity index (χ1v) is 11.0. The Morgan fingerprint density at radius 1 is 1.20 bits per heavy atom. The van der Waals surface area contributed by atoms with Crippen LogP contribution in [0.3, 0.4) is 0 Å². The largest absolute Gasteiger partial charge is 0.465 e. The summed E-state index contributed by atoms with van der Waals surface area (Å²) in [5.41, 5.74) is 5.03. The number of amides is 2. The molecule has 1 aromatic heterocycles. The van der Waals surface area contributed by atoms with E-state index in [1.807, 2.05) is 19.4 Å². The summed E-state index contributed by atoms with van der Waals surface area (Å²) in [4.78, 5) is 42.6. The van der Waals surface area contributed by atoms with E-state index in [-0.39, 0.29) is 11.8 Å². The van der Waals surface area contributed by atoms with Crippen molar-refractivity contribution in [1.29, 1.82) is 0 Å². The summed E-state index contributed by atoms with van der Waals surface area (Å²) in [5, 5.41) is 2.95. The topological polar surface area (TPSA) is 88.6 Å². The molecule has 0 aliphatic carbocycles. The van der Waals surface area contributed by atoms with E-state index in [4.69, 9.17) is 4.74 Å². The molecule has 1 aromatic carbocycles. The predicted molar refractivity (Wildman–Crippen MR) is 115 cm³/mol. The number of aromatic nitrogens is 1. The summed E-state index contributed by atoms with van der Waals surface area (Å²) in [5.74, 6) is -0.0899. The van der Waals surface area contributed by atoms with E-state index in [1.54, 1.807) is 29.2 Å². The molecule has 30 heavy (non-hydrogen) atoms. The van der Waals surface area contributed by atoms with Crippen LogP contribution in [-0.2, 0) is 29.0 Å². The lowest BCUT2D eigenvalue weighted by Crippen LogP contribution is -2.37. The highest BCUT2D eigenvalue weighted by Crippen LogP contribution is 2.25. The smallest absolute Gasteiger partial charge is 0.337 e. The van der Waals surface area contributed by atoms with Crippen molar-refractivity contribution in [2.45, 2.75) is 26.4 Å². The number of hydrogen-bond acceptors (Lipinski definition) is 6. The number of esters is 1. The zero-order valence-corrected chi connectivity index (χ0v) is 18.2. The first kappa shape index (κ1) is 21.8. The molecule has 0 atom stereocenters. The third kappa shape index (κ3) is 4.81. The summed E-state index contributed by atoms with van der Waals surface area (Å²) < 4.78 is 4.69. The molecule has 1 aliphatic rings. The normalized spacial score (nSPS) is 12.8. The molecule has 1 aliphatic heterocycles. The van der Waals surface area contributed by atoms with Crippen molar-refractivity contribution < 1.29 is 19.1 Å². The molecule has 0 unspecified atom stereocenters. The molecule has 0 saturated heterocycles. The number of nitrogens with zero attached hydrogens (tertiary/aromatic N) is 2. The van der Waals surface area contributed by atoms with Gasteiger partial charge in [-0.2, -0.15) is 11.8 Å². The average molecular weight is 428 g/mol. The van der Waals surface area contributed by atoms with Gasteiger partial charge in [-0.3, -0.25) is 14.6 Å². The molecule has 8 heteroatoms. The number of carbonyl (C=O) groups is 3. The van der Waals surface area contributed by atoms with E-state index >= 15 is 0 Å². The third-order valence-corrected chi connectivity index (χ3v) is 5.72. The van der Waals surface area contributed by atoms with Gasteiger partial charge < -0.3 is 15.0 Å². The minimum absolute atomic E-state index is 0.00233. The molecule has 0 radical (unpaired) electrons. The number of pyridine rings is 1. The number of rotatable bonds is 6. The summed E-state index contributed by atoms with van der Waals surface area (Å²) in [6.07, 6.45) is 4.42. The van der Waals surface area contributed by atoms with Crippen LogP contribution < -0.4 is 5.32 Å². The SMILES string of the molecule is COC(=O)c1ccc(C(=O)N2CCc3c(cnc(C)c3CNC(=O)CSC)C2)cc1. The van der Waals surface area contributed by atoms with Crippen molar-refractivity contribution in [1.82, 2.24) is 15.2 Å². The van der Waals surface area contributed by atoms with Crippen LogP contribution in [0, 0.1) is 6.92 Å². The van der Waals surface area contributed by atoms with Crippen molar-refractivity contribution in [2.75, 3.05) is 25.7 Å². The van der Waals surface area contributed by atoms with Crippen molar-refractivity contribution in [2.24, 2.45) is 0 Å². The van der Waals surface area contributed by atoms with Gasteiger partial charge in [0.05, 0.1) is 18.4 Å². The molecule has 2 aromatic rings. The van der Waals surface area contributed by atoms with Crippen LogP contribution in [0.5, 0.6) is 0 Å². The molecular formula is C22H25N3O4S. The number of hydrogen-bond donors (Lipinski definition) is 1. The van der Waals surface area contributed by atoms with Crippen LogP contribution in [0.25, 0.3) is 0 Å². The summed E-state index contributed by atoms with van der Waals surface area (Å²) in [6, 6.07) is 6.48. The highest BCUT2D eigenvalue weighted by molar-refractivity contribution is 7.99. The lowest BCUT2D eigenvalue weighted by Gasteiger charge is -2.30. The Hall–Kier alpha value is -2.87. The van der Waals surface area contributed by atoms with Gasteiger partial charge in [0.25, 0.3) is 5.91 Å². The van der Waals surface area contributed by atoms with E-state index < -0.39 is 5.97 Å². The number of carbonyl (C=O) groups excluding carboxylic acids is 3. The first-order chi connectivity index (χ1) is 14.4. The Morgan fingerprint density at radius 3 is 2.57 bits per heavy atom. The van der Waals surface area contributed by atoms with Crippen LogP contribution in [0.2, 0.25) is 0 Å². The predicted octanol–water partition coefficient (Wildman–Crippen LogP) is 2.35. The van der Waals surface area contributed by atoms with E-state index in [1.165, 1.54) is 18.9 Å². The Morgan fingerprint density at radius 2 is 1.90 bits per heavy atom.